The zero-order valence-corrected chi connectivity index (χ0v) is 15.9. The van der Waals surface area contributed by atoms with Crippen LogP contribution in [-0.4, -0.2) is 24.0 Å². The molecule has 1 amide bonds. The highest BCUT2D eigenvalue weighted by molar-refractivity contribution is 6.30. The number of carbonyl (C=O) groups excluding carboxylic acids is 2. The van der Waals surface area contributed by atoms with Crippen LogP contribution >= 0.6 is 11.6 Å². The number of hydrogen-bond donors (Lipinski definition) is 2. The van der Waals surface area contributed by atoms with Crippen molar-refractivity contribution in [3.63, 3.8) is 0 Å². The smallest absolute Gasteiger partial charge is 0.337 e. The number of amides is 1. The van der Waals surface area contributed by atoms with Crippen LogP contribution in [-0.2, 0) is 16.0 Å². The summed E-state index contributed by atoms with van der Waals surface area (Å²) in [5.41, 5.74) is 2.73. The quantitative estimate of drug-likeness (QED) is 0.603. The molecule has 0 aliphatic carbocycles. The summed E-state index contributed by atoms with van der Waals surface area (Å²) in [7, 11) is 1.34. The van der Waals surface area contributed by atoms with Gasteiger partial charge in [-0.25, -0.2) is 9.78 Å². The molecule has 0 atom stereocenters. The van der Waals surface area contributed by atoms with Gasteiger partial charge in [0, 0.05) is 10.7 Å². The van der Waals surface area contributed by atoms with E-state index in [2.05, 4.69) is 20.4 Å². The molecule has 0 fully saturated rings. The van der Waals surface area contributed by atoms with Crippen molar-refractivity contribution in [2.75, 3.05) is 17.7 Å². The number of benzene rings is 2. The maximum atomic E-state index is 12.1. The van der Waals surface area contributed by atoms with Gasteiger partial charge in [-0.3, -0.25) is 4.79 Å². The molecule has 1 heterocycles. The van der Waals surface area contributed by atoms with Crippen LogP contribution in [0.5, 0.6) is 0 Å². The molecule has 3 rings (SSSR count). The standard InChI is InChI=1S/C21H18ClN3O3/c1-28-21(27)15-4-8-17(9-5-15)24-19-11-10-18(13-23-19)25-20(26)12-14-2-6-16(22)7-3-14/h2-11,13H,12H2,1H3,(H,23,24)(H,25,26). The normalized spacial score (nSPS) is 10.2. The number of aromatic nitrogens is 1. The Labute approximate surface area is 167 Å². The molecule has 2 aromatic carbocycles. The van der Waals surface area contributed by atoms with E-state index in [0.717, 1.165) is 11.3 Å². The number of pyridine rings is 1. The molecule has 2 N–H and O–H groups in total. The predicted molar refractivity (Wildman–Crippen MR) is 109 cm³/mol. The zero-order chi connectivity index (χ0) is 19.9. The fourth-order valence-electron chi connectivity index (χ4n) is 2.49. The van der Waals surface area contributed by atoms with Gasteiger partial charge in [0.15, 0.2) is 0 Å². The lowest BCUT2D eigenvalue weighted by atomic mass is 10.1. The Hall–Kier alpha value is -3.38. The van der Waals surface area contributed by atoms with Crippen LogP contribution in [0.3, 0.4) is 0 Å². The topological polar surface area (TPSA) is 80.3 Å². The van der Waals surface area contributed by atoms with E-state index in [1.54, 1.807) is 54.7 Å². The summed E-state index contributed by atoms with van der Waals surface area (Å²) in [5.74, 6) is 0.0909. The summed E-state index contributed by atoms with van der Waals surface area (Å²) in [6, 6.07) is 17.5. The van der Waals surface area contributed by atoms with Crippen molar-refractivity contribution in [1.29, 1.82) is 0 Å². The minimum atomic E-state index is -0.386. The highest BCUT2D eigenvalue weighted by Crippen LogP contribution is 2.18. The Morgan fingerprint density at radius 3 is 2.25 bits per heavy atom. The van der Waals surface area contributed by atoms with Crippen LogP contribution in [0, 0.1) is 0 Å². The second kappa shape index (κ2) is 9.01. The highest BCUT2D eigenvalue weighted by Gasteiger charge is 2.06. The van der Waals surface area contributed by atoms with Crippen LogP contribution in [0.4, 0.5) is 17.2 Å². The molecule has 0 saturated carbocycles. The Morgan fingerprint density at radius 2 is 1.64 bits per heavy atom. The SMILES string of the molecule is COC(=O)c1ccc(Nc2ccc(NC(=O)Cc3ccc(Cl)cc3)cn2)cc1. The molecule has 6 nitrogen and oxygen atoms in total. The molecule has 0 aliphatic rings. The van der Waals surface area contributed by atoms with Crippen molar-refractivity contribution >= 4 is 40.7 Å². The van der Waals surface area contributed by atoms with Crippen LogP contribution in [0.25, 0.3) is 0 Å². The average molecular weight is 396 g/mol. The third kappa shape index (κ3) is 5.31. The van der Waals surface area contributed by atoms with Gasteiger partial charge in [0.05, 0.1) is 31.0 Å². The second-order valence-electron chi connectivity index (χ2n) is 5.98. The van der Waals surface area contributed by atoms with Crippen LogP contribution in [0.1, 0.15) is 15.9 Å². The first-order chi connectivity index (χ1) is 13.5. The summed E-state index contributed by atoms with van der Waals surface area (Å²) in [5, 5.41) is 6.57. The van der Waals surface area contributed by atoms with Crippen LogP contribution in [0.2, 0.25) is 5.02 Å². The van der Waals surface area contributed by atoms with Crippen molar-refractivity contribution < 1.29 is 14.3 Å². The number of ether oxygens (including phenoxy) is 1. The lowest BCUT2D eigenvalue weighted by molar-refractivity contribution is -0.115. The molecule has 0 radical (unpaired) electrons. The molecule has 0 unspecified atom stereocenters. The molecule has 0 bridgehead atoms. The first-order valence-corrected chi connectivity index (χ1v) is 8.87. The number of halogens is 1. The number of carbonyl (C=O) groups is 2. The van der Waals surface area contributed by atoms with Crippen molar-refractivity contribution in [3.8, 4) is 0 Å². The Morgan fingerprint density at radius 1 is 0.964 bits per heavy atom. The van der Waals surface area contributed by atoms with Gasteiger partial charge in [0.2, 0.25) is 5.91 Å². The Balaban J connectivity index is 1.56. The summed E-state index contributed by atoms with van der Waals surface area (Å²) in [6.07, 6.45) is 1.83. The third-order valence-electron chi connectivity index (χ3n) is 3.90. The van der Waals surface area contributed by atoms with Gasteiger partial charge in [0.1, 0.15) is 5.82 Å². The van der Waals surface area contributed by atoms with E-state index < -0.39 is 0 Å². The largest absolute Gasteiger partial charge is 0.465 e. The third-order valence-corrected chi connectivity index (χ3v) is 4.16. The maximum Gasteiger partial charge on any atom is 0.337 e. The maximum absolute atomic E-state index is 12.1. The summed E-state index contributed by atoms with van der Waals surface area (Å²) >= 11 is 5.84. The molecule has 0 saturated heterocycles. The van der Waals surface area contributed by atoms with E-state index in [0.29, 0.717) is 22.1 Å². The van der Waals surface area contributed by atoms with E-state index in [-0.39, 0.29) is 18.3 Å². The first kappa shape index (κ1) is 19.4. The van der Waals surface area contributed by atoms with E-state index in [9.17, 15) is 9.59 Å². The van der Waals surface area contributed by atoms with Gasteiger partial charge in [-0.1, -0.05) is 23.7 Å². The Kier molecular flexibility index (Phi) is 6.24. The van der Waals surface area contributed by atoms with Gasteiger partial charge in [-0.05, 0) is 54.1 Å². The Bertz CT molecular complexity index is 956. The predicted octanol–water partition coefficient (Wildman–Crippen LogP) is 4.45. The van der Waals surface area contributed by atoms with Gasteiger partial charge in [-0.15, -0.1) is 0 Å². The number of esters is 1. The fourth-order valence-corrected chi connectivity index (χ4v) is 2.62. The molecule has 3 aromatic rings. The number of rotatable bonds is 6. The van der Waals surface area contributed by atoms with E-state index in [4.69, 9.17) is 11.6 Å². The molecule has 28 heavy (non-hydrogen) atoms. The zero-order valence-electron chi connectivity index (χ0n) is 15.1. The van der Waals surface area contributed by atoms with E-state index in [1.807, 2.05) is 12.1 Å². The molecule has 0 spiro atoms. The number of hydrogen-bond acceptors (Lipinski definition) is 5. The summed E-state index contributed by atoms with van der Waals surface area (Å²) in [6.45, 7) is 0. The molecule has 1 aromatic heterocycles. The highest BCUT2D eigenvalue weighted by atomic mass is 35.5. The van der Waals surface area contributed by atoms with Crippen molar-refractivity contribution in [1.82, 2.24) is 4.98 Å². The van der Waals surface area contributed by atoms with Crippen molar-refractivity contribution in [3.05, 3.63) is 83.0 Å². The van der Waals surface area contributed by atoms with Crippen LogP contribution in [0.15, 0.2) is 66.9 Å². The van der Waals surface area contributed by atoms with E-state index >= 15 is 0 Å². The van der Waals surface area contributed by atoms with Crippen molar-refractivity contribution in [2.24, 2.45) is 0 Å². The fraction of sp³-hybridized carbons (Fsp3) is 0.0952. The van der Waals surface area contributed by atoms with Gasteiger partial charge in [0.25, 0.3) is 0 Å². The molecular formula is C21H18ClN3O3. The molecular weight excluding hydrogens is 378 g/mol. The van der Waals surface area contributed by atoms with Gasteiger partial charge in [-0.2, -0.15) is 0 Å². The van der Waals surface area contributed by atoms with Gasteiger partial charge >= 0.3 is 5.97 Å². The van der Waals surface area contributed by atoms with E-state index in [1.165, 1.54) is 7.11 Å². The summed E-state index contributed by atoms with van der Waals surface area (Å²) < 4.78 is 4.67. The monoisotopic (exact) mass is 395 g/mol. The first-order valence-electron chi connectivity index (χ1n) is 8.49. The lowest BCUT2D eigenvalue weighted by Crippen LogP contribution is -2.14. The minimum absolute atomic E-state index is 0.136. The van der Waals surface area contributed by atoms with Crippen molar-refractivity contribution in [2.45, 2.75) is 6.42 Å². The minimum Gasteiger partial charge on any atom is -0.465 e. The molecule has 7 heteroatoms. The van der Waals surface area contributed by atoms with Gasteiger partial charge < -0.3 is 15.4 Å². The average Bonchev–Trinajstić information content (AvgIpc) is 2.71. The summed E-state index contributed by atoms with van der Waals surface area (Å²) in [4.78, 5) is 27.9. The number of nitrogens with zero attached hydrogens (tertiary/aromatic N) is 1. The molecule has 0 aliphatic heterocycles. The second-order valence-corrected chi connectivity index (χ2v) is 6.41. The van der Waals surface area contributed by atoms with Crippen LogP contribution < -0.4 is 10.6 Å². The number of anilines is 3. The number of methoxy groups -OCH3 is 1. The lowest BCUT2D eigenvalue weighted by Gasteiger charge is -2.08. The molecule has 142 valence electrons. The number of nitrogens with one attached hydrogen (secondary N) is 2.